The summed E-state index contributed by atoms with van der Waals surface area (Å²) in [5.74, 6) is 3.07. The van der Waals surface area contributed by atoms with Crippen molar-refractivity contribution < 1.29 is 29.2 Å². The van der Waals surface area contributed by atoms with Gasteiger partial charge < -0.3 is 29.2 Å². The molecule has 0 spiro atoms. The fourth-order valence-corrected chi connectivity index (χ4v) is 10.7. The van der Waals surface area contributed by atoms with Crippen LogP contribution in [0.5, 0.6) is 34.5 Å². The maximum atomic E-state index is 10.8. The molecule has 10 rings (SSSR count). The second-order valence-electron chi connectivity index (χ2n) is 19.6. The summed E-state index contributed by atoms with van der Waals surface area (Å²) in [6.07, 6.45) is 25.4. The molecule has 6 aromatic carbocycles. The summed E-state index contributed by atoms with van der Waals surface area (Å²) in [5.41, 5.74) is 19.2. The first-order chi connectivity index (χ1) is 33.2. The minimum atomic E-state index is 0.179. The Balaban J connectivity index is 0.000000167. The number of methoxy groups -OCH3 is 2. The normalized spacial score (nSPS) is 15.0. The SMILES string of the molecule is COc1ccc(OCCCOc2ccc(OC)cc2-c2cc(C)cc(C)c2O)c(-c2cc(C)ccc2O)c1.c1c2c(cc3c1CCCC3)CCCCC2.c1c2c(cc3c1CCCC3)CCCCC2. The molecule has 6 aromatic rings. The van der Waals surface area contributed by atoms with E-state index in [9.17, 15) is 10.2 Å². The summed E-state index contributed by atoms with van der Waals surface area (Å²) < 4.78 is 23.1. The van der Waals surface area contributed by atoms with E-state index >= 15 is 0 Å². The molecule has 358 valence electrons. The third-order valence-corrected chi connectivity index (χ3v) is 14.5. The number of aromatic hydroxyl groups is 2. The molecule has 68 heavy (non-hydrogen) atoms. The average molecular weight is 915 g/mol. The van der Waals surface area contributed by atoms with E-state index in [4.69, 9.17) is 18.9 Å². The summed E-state index contributed by atoms with van der Waals surface area (Å²) in [5, 5.41) is 21.2. The lowest BCUT2D eigenvalue weighted by Gasteiger charge is -2.19. The lowest BCUT2D eigenvalue weighted by Crippen LogP contribution is -2.06. The monoisotopic (exact) mass is 915 g/mol. The maximum Gasteiger partial charge on any atom is 0.127 e. The second kappa shape index (κ2) is 23.4. The van der Waals surface area contributed by atoms with E-state index in [2.05, 4.69) is 24.3 Å². The molecule has 0 saturated carbocycles. The third kappa shape index (κ3) is 12.2. The Morgan fingerprint density at radius 2 is 0.765 bits per heavy atom. The minimum Gasteiger partial charge on any atom is -0.507 e. The van der Waals surface area contributed by atoms with Crippen molar-refractivity contribution in [1.29, 1.82) is 0 Å². The van der Waals surface area contributed by atoms with Crippen molar-refractivity contribution >= 4 is 0 Å². The van der Waals surface area contributed by atoms with Gasteiger partial charge in [0.1, 0.15) is 34.5 Å². The highest BCUT2D eigenvalue weighted by Gasteiger charge is 2.19. The molecule has 0 amide bonds. The number of aryl methyl sites for hydroxylation is 11. The van der Waals surface area contributed by atoms with Crippen molar-refractivity contribution in [1.82, 2.24) is 0 Å². The highest BCUT2D eigenvalue weighted by Crippen LogP contribution is 2.42. The molecule has 0 aromatic heterocycles. The van der Waals surface area contributed by atoms with E-state index in [0.29, 0.717) is 53.8 Å². The summed E-state index contributed by atoms with van der Waals surface area (Å²) in [6.45, 7) is 6.68. The van der Waals surface area contributed by atoms with Crippen LogP contribution in [0.3, 0.4) is 0 Å². The van der Waals surface area contributed by atoms with Crippen LogP contribution in [0.2, 0.25) is 0 Å². The Morgan fingerprint density at radius 3 is 1.18 bits per heavy atom. The smallest absolute Gasteiger partial charge is 0.127 e. The first kappa shape index (κ1) is 48.6. The van der Waals surface area contributed by atoms with Gasteiger partial charge in [0.25, 0.3) is 0 Å². The Labute approximate surface area is 406 Å². The predicted octanol–water partition coefficient (Wildman–Crippen LogP) is 14.9. The van der Waals surface area contributed by atoms with Crippen LogP contribution in [0.1, 0.15) is 132 Å². The number of hydrogen-bond donors (Lipinski definition) is 2. The summed E-state index contributed by atoms with van der Waals surface area (Å²) in [4.78, 5) is 0. The Hall–Kier alpha value is -5.88. The van der Waals surface area contributed by atoms with Gasteiger partial charge in [-0.3, -0.25) is 0 Å². The Bertz CT molecular complexity index is 2520. The number of fused-ring (bicyclic) bond motifs is 4. The number of benzene rings is 6. The van der Waals surface area contributed by atoms with E-state index in [0.717, 1.165) is 27.8 Å². The highest BCUT2D eigenvalue weighted by molar-refractivity contribution is 5.79. The van der Waals surface area contributed by atoms with Crippen LogP contribution in [0, 0.1) is 20.8 Å². The van der Waals surface area contributed by atoms with Crippen LogP contribution in [-0.2, 0) is 51.4 Å². The molecule has 2 N–H and O–H groups in total. The van der Waals surface area contributed by atoms with Crippen molar-refractivity contribution in [3.63, 3.8) is 0 Å². The van der Waals surface area contributed by atoms with E-state index in [1.807, 2.05) is 81.4 Å². The minimum absolute atomic E-state index is 0.179. The van der Waals surface area contributed by atoms with Gasteiger partial charge in [-0.2, -0.15) is 0 Å². The molecule has 0 radical (unpaired) electrons. The topological polar surface area (TPSA) is 77.4 Å². The molecule has 0 fully saturated rings. The molecule has 0 atom stereocenters. The molecule has 6 nitrogen and oxygen atoms in total. The molecule has 6 heteroatoms. The van der Waals surface area contributed by atoms with Gasteiger partial charge in [0.2, 0.25) is 0 Å². The quantitative estimate of drug-likeness (QED) is 0.105. The molecule has 0 heterocycles. The molecule has 0 unspecified atom stereocenters. The van der Waals surface area contributed by atoms with Gasteiger partial charge in [-0.15, -0.1) is 0 Å². The molecule has 0 saturated heterocycles. The third-order valence-electron chi connectivity index (χ3n) is 14.5. The summed E-state index contributed by atoms with van der Waals surface area (Å²) in [7, 11) is 3.22. The zero-order chi connectivity index (χ0) is 47.4. The summed E-state index contributed by atoms with van der Waals surface area (Å²) in [6, 6.07) is 30.6. The molecular formula is C62H74O6. The van der Waals surface area contributed by atoms with Crippen molar-refractivity contribution in [3.05, 3.63) is 152 Å². The zero-order valence-corrected chi connectivity index (χ0v) is 41.5. The van der Waals surface area contributed by atoms with Gasteiger partial charge in [-0.1, -0.05) is 54.8 Å². The maximum absolute atomic E-state index is 10.8. The van der Waals surface area contributed by atoms with Gasteiger partial charge >= 0.3 is 0 Å². The van der Waals surface area contributed by atoms with Gasteiger partial charge in [0.15, 0.2) is 0 Å². The average Bonchev–Trinajstić information content (AvgIpc) is 3.74. The standard InChI is InChI=1S/C32H34O6.2C15H20/c1-20-7-10-29(33)25(16-20)26-18-23(35-4)8-11-30(26)37-13-6-14-38-31-12-9-24(36-5)19-27(31)28-17-21(2)15-22(3)32(28)34;2*1-2-6-12-10-14-8-4-5-9-15(14)11-13(12)7-3-1/h7-12,15-19,33-34H,6,13-14H2,1-5H3;2*10-11H,1-9H2. The fraction of sp³-hybridized carbons (Fsp3) is 0.419. The predicted molar refractivity (Wildman–Crippen MR) is 279 cm³/mol. The van der Waals surface area contributed by atoms with E-state index in [1.165, 1.54) is 116 Å². The van der Waals surface area contributed by atoms with E-state index in [1.54, 1.807) is 64.8 Å². The van der Waals surface area contributed by atoms with E-state index in [-0.39, 0.29) is 11.5 Å². The molecular weight excluding hydrogens is 841 g/mol. The van der Waals surface area contributed by atoms with Crippen molar-refractivity contribution in [2.75, 3.05) is 27.4 Å². The first-order valence-corrected chi connectivity index (χ1v) is 25.7. The molecule has 0 aliphatic heterocycles. The van der Waals surface area contributed by atoms with Crippen molar-refractivity contribution in [3.8, 4) is 56.8 Å². The number of phenolic OH excluding ortho intramolecular Hbond substituents is 2. The zero-order valence-electron chi connectivity index (χ0n) is 41.5. The second-order valence-corrected chi connectivity index (χ2v) is 19.6. The van der Waals surface area contributed by atoms with Crippen LogP contribution < -0.4 is 18.9 Å². The molecule has 4 aliphatic carbocycles. The van der Waals surface area contributed by atoms with Crippen molar-refractivity contribution in [2.24, 2.45) is 0 Å². The van der Waals surface area contributed by atoms with Crippen LogP contribution in [-0.4, -0.2) is 37.6 Å². The van der Waals surface area contributed by atoms with Gasteiger partial charge in [-0.25, -0.2) is 0 Å². The fourth-order valence-electron chi connectivity index (χ4n) is 10.7. The van der Waals surface area contributed by atoms with Crippen LogP contribution in [0.15, 0.2) is 91.0 Å². The molecule has 4 aliphatic rings. The number of hydrogen-bond acceptors (Lipinski definition) is 6. The van der Waals surface area contributed by atoms with Gasteiger partial charge in [0, 0.05) is 28.7 Å². The van der Waals surface area contributed by atoms with E-state index < -0.39 is 0 Å². The van der Waals surface area contributed by atoms with Gasteiger partial charge in [-0.05, 0) is 234 Å². The first-order valence-electron chi connectivity index (χ1n) is 25.7. The highest BCUT2D eigenvalue weighted by atomic mass is 16.5. The van der Waals surface area contributed by atoms with Gasteiger partial charge in [0.05, 0.1) is 27.4 Å². The van der Waals surface area contributed by atoms with Crippen LogP contribution in [0.25, 0.3) is 22.3 Å². The molecule has 0 bridgehead atoms. The van der Waals surface area contributed by atoms with Crippen LogP contribution >= 0.6 is 0 Å². The Morgan fingerprint density at radius 1 is 0.382 bits per heavy atom. The van der Waals surface area contributed by atoms with Crippen molar-refractivity contribution in [2.45, 2.75) is 143 Å². The lowest BCUT2D eigenvalue weighted by atomic mass is 9.87. The van der Waals surface area contributed by atoms with Crippen LogP contribution in [0.4, 0.5) is 0 Å². The largest absolute Gasteiger partial charge is 0.507 e. The number of rotatable bonds is 10. The number of phenols is 2. The number of ether oxygens (including phenoxy) is 4. The summed E-state index contributed by atoms with van der Waals surface area (Å²) >= 11 is 0. The lowest BCUT2D eigenvalue weighted by molar-refractivity contribution is 0.248. The Kier molecular flexibility index (Phi) is 16.7.